The summed E-state index contributed by atoms with van der Waals surface area (Å²) < 4.78 is 11.1. The molecule has 0 aromatic heterocycles. The lowest BCUT2D eigenvalue weighted by molar-refractivity contribution is 0.139. The minimum absolute atomic E-state index is 0.473. The van der Waals surface area contributed by atoms with E-state index >= 15 is 0 Å². The normalized spacial score (nSPS) is 13.8. The van der Waals surface area contributed by atoms with E-state index in [0.29, 0.717) is 24.5 Å². The van der Waals surface area contributed by atoms with E-state index in [1.807, 2.05) is 6.92 Å². The highest BCUT2D eigenvalue weighted by Gasteiger charge is 2.09. The van der Waals surface area contributed by atoms with Crippen LogP contribution in [0.1, 0.15) is 60.3 Å². The molecule has 0 heterocycles. The average molecular weight is 257 g/mol. The molecule has 0 saturated carbocycles. The molecule has 1 atom stereocenters. The van der Waals surface area contributed by atoms with Crippen LogP contribution in [0.25, 0.3) is 0 Å². The predicted octanol–water partition coefficient (Wildman–Crippen LogP) is 4.27. The van der Waals surface area contributed by atoms with Crippen LogP contribution >= 0.6 is 0 Å². The first-order valence-corrected chi connectivity index (χ1v) is 7.43. The molecule has 0 bridgehead atoms. The zero-order valence-corrected chi connectivity index (χ0v) is 12.9. The summed E-state index contributed by atoms with van der Waals surface area (Å²) in [6.07, 6.45) is 5.38. The number of hydrogen-bond donors (Lipinski definition) is 0. The topological polar surface area (TPSA) is 30.8 Å². The molecule has 0 rings (SSSR count). The Kier molecular flexibility index (Phi) is 10.9. The second-order valence-electron chi connectivity index (χ2n) is 5.16. The van der Waals surface area contributed by atoms with Gasteiger partial charge in [-0.3, -0.25) is 0 Å². The Morgan fingerprint density at radius 2 is 1.83 bits per heavy atom. The lowest BCUT2D eigenvalue weighted by atomic mass is 10.0. The number of aliphatic imine (C=N–C) groups is 1. The van der Waals surface area contributed by atoms with E-state index in [9.17, 15) is 0 Å². The third-order valence-corrected chi connectivity index (χ3v) is 2.84. The summed E-state index contributed by atoms with van der Waals surface area (Å²) in [6.45, 7) is 12.8. The Labute approximate surface area is 113 Å². The highest BCUT2D eigenvalue weighted by Crippen LogP contribution is 2.13. The molecule has 0 amide bonds. The van der Waals surface area contributed by atoms with Crippen molar-refractivity contribution in [3.63, 3.8) is 0 Å². The molecule has 0 aromatic rings. The van der Waals surface area contributed by atoms with Crippen molar-refractivity contribution in [1.82, 2.24) is 0 Å². The first-order chi connectivity index (χ1) is 8.63. The van der Waals surface area contributed by atoms with E-state index < -0.39 is 0 Å². The largest absolute Gasteiger partial charge is 0.451 e. The highest BCUT2D eigenvalue weighted by atomic mass is 16.7. The highest BCUT2D eigenvalue weighted by molar-refractivity contribution is 5.66. The third-order valence-electron chi connectivity index (χ3n) is 2.84. The van der Waals surface area contributed by atoms with Gasteiger partial charge in [0.2, 0.25) is 0 Å². The molecule has 108 valence electrons. The molecule has 0 saturated heterocycles. The number of rotatable bonds is 9. The maximum absolute atomic E-state index is 5.71. The molecule has 18 heavy (non-hydrogen) atoms. The van der Waals surface area contributed by atoms with Crippen LogP contribution in [0.15, 0.2) is 4.99 Å². The maximum atomic E-state index is 5.71. The van der Waals surface area contributed by atoms with Crippen molar-refractivity contribution in [3.8, 4) is 0 Å². The van der Waals surface area contributed by atoms with Crippen LogP contribution in [0.2, 0.25) is 0 Å². The van der Waals surface area contributed by atoms with Gasteiger partial charge in [0.05, 0.1) is 13.2 Å². The van der Waals surface area contributed by atoms with Gasteiger partial charge >= 0.3 is 6.08 Å². The second-order valence-corrected chi connectivity index (χ2v) is 5.16. The zero-order chi connectivity index (χ0) is 13.8. The summed E-state index contributed by atoms with van der Waals surface area (Å²) in [7, 11) is 0. The number of nitrogens with zero attached hydrogens (tertiary/aromatic N) is 1. The van der Waals surface area contributed by atoms with Crippen LogP contribution in [0.5, 0.6) is 0 Å². The average Bonchev–Trinajstić information content (AvgIpc) is 2.35. The molecule has 0 spiro atoms. The fourth-order valence-electron chi connectivity index (χ4n) is 1.60. The lowest BCUT2D eigenvalue weighted by Gasteiger charge is -2.16. The van der Waals surface area contributed by atoms with Crippen molar-refractivity contribution in [3.05, 3.63) is 0 Å². The molecular formula is C15H31NO2. The van der Waals surface area contributed by atoms with Crippen molar-refractivity contribution >= 4 is 6.08 Å². The van der Waals surface area contributed by atoms with E-state index in [1.165, 1.54) is 19.3 Å². The maximum Gasteiger partial charge on any atom is 0.383 e. The Morgan fingerprint density at radius 3 is 2.33 bits per heavy atom. The monoisotopic (exact) mass is 257 g/mol. The second kappa shape index (κ2) is 11.4. The van der Waals surface area contributed by atoms with Crippen LogP contribution in [0.3, 0.4) is 0 Å². The van der Waals surface area contributed by atoms with Crippen molar-refractivity contribution in [2.24, 2.45) is 16.8 Å². The molecule has 1 unspecified atom stereocenters. The van der Waals surface area contributed by atoms with Gasteiger partial charge in [0, 0.05) is 6.54 Å². The van der Waals surface area contributed by atoms with Gasteiger partial charge in [-0.15, -0.1) is 0 Å². The molecule has 3 nitrogen and oxygen atoms in total. The third kappa shape index (κ3) is 9.32. The van der Waals surface area contributed by atoms with E-state index in [-0.39, 0.29) is 0 Å². The van der Waals surface area contributed by atoms with Gasteiger partial charge < -0.3 is 9.47 Å². The lowest BCUT2D eigenvalue weighted by Crippen LogP contribution is -2.17. The van der Waals surface area contributed by atoms with Gasteiger partial charge in [-0.1, -0.05) is 47.0 Å². The Bertz CT molecular complexity index is 215. The number of ether oxygens (including phenoxy) is 2. The van der Waals surface area contributed by atoms with Crippen molar-refractivity contribution in [2.45, 2.75) is 60.3 Å². The molecule has 0 aliphatic heterocycles. The van der Waals surface area contributed by atoms with Crippen molar-refractivity contribution < 1.29 is 9.47 Å². The molecule has 3 heteroatoms. The summed E-state index contributed by atoms with van der Waals surface area (Å²) in [4.78, 5) is 4.37. The van der Waals surface area contributed by atoms with Gasteiger partial charge in [0.15, 0.2) is 0 Å². The predicted molar refractivity (Wildman–Crippen MR) is 78.0 cm³/mol. The summed E-state index contributed by atoms with van der Waals surface area (Å²) in [5.74, 6) is 1.15. The fourth-order valence-corrected chi connectivity index (χ4v) is 1.60. The summed E-state index contributed by atoms with van der Waals surface area (Å²) >= 11 is 0. The summed E-state index contributed by atoms with van der Waals surface area (Å²) in [6, 6.07) is 0. The Hall–Kier alpha value is -0.730. The number of unbranched alkanes of at least 4 members (excludes halogenated alkanes) is 1. The van der Waals surface area contributed by atoms with Gasteiger partial charge in [0.25, 0.3) is 0 Å². The van der Waals surface area contributed by atoms with Crippen LogP contribution in [-0.4, -0.2) is 25.8 Å². The first-order valence-electron chi connectivity index (χ1n) is 7.43. The first kappa shape index (κ1) is 17.3. The molecule has 0 radical (unpaired) electrons. The van der Waals surface area contributed by atoms with E-state index in [2.05, 4.69) is 32.7 Å². The van der Waals surface area contributed by atoms with Crippen LogP contribution in [0.4, 0.5) is 0 Å². The molecule has 0 N–H and O–H groups in total. The molecular weight excluding hydrogens is 226 g/mol. The summed E-state index contributed by atoms with van der Waals surface area (Å²) in [5.41, 5.74) is 0. The van der Waals surface area contributed by atoms with Crippen LogP contribution in [-0.2, 0) is 9.47 Å². The zero-order valence-electron chi connectivity index (χ0n) is 12.9. The van der Waals surface area contributed by atoms with E-state index in [1.54, 1.807) is 0 Å². The van der Waals surface area contributed by atoms with Crippen molar-refractivity contribution in [1.29, 1.82) is 0 Å². The molecule has 0 fully saturated rings. The Morgan fingerprint density at radius 1 is 1.11 bits per heavy atom. The van der Waals surface area contributed by atoms with Crippen LogP contribution in [0, 0.1) is 11.8 Å². The fraction of sp³-hybridized carbons (Fsp3) is 0.933. The van der Waals surface area contributed by atoms with Gasteiger partial charge in [0.1, 0.15) is 0 Å². The smallest absolute Gasteiger partial charge is 0.383 e. The van der Waals surface area contributed by atoms with Crippen LogP contribution < -0.4 is 0 Å². The molecule has 0 aromatic carbocycles. The minimum atomic E-state index is 0.473. The molecule has 0 aliphatic carbocycles. The summed E-state index contributed by atoms with van der Waals surface area (Å²) in [5, 5.41) is 0. The number of hydrogen-bond acceptors (Lipinski definition) is 3. The Balaban J connectivity index is 4.10. The quantitative estimate of drug-likeness (QED) is 0.456. The van der Waals surface area contributed by atoms with E-state index in [0.717, 1.165) is 19.6 Å². The minimum Gasteiger partial charge on any atom is -0.451 e. The van der Waals surface area contributed by atoms with Crippen molar-refractivity contribution in [2.75, 3.05) is 19.8 Å². The SMILES string of the molecule is CCCCC(CC)COC(=NCC(C)C)OCC. The van der Waals surface area contributed by atoms with Gasteiger partial charge in [-0.2, -0.15) is 0 Å². The van der Waals surface area contributed by atoms with Gasteiger partial charge in [-0.25, -0.2) is 4.99 Å². The van der Waals surface area contributed by atoms with Gasteiger partial charge in [-0.05, 0) is 25.2 Å². The molecule has 0 aliphatic rings. The van der Waals surface area contributed by atoms with E-state index in [4.69, 9.17) is 9.47 Å². The standard InChI is InChI=1S/C15H31NO2/c1-6-9-10-14(7-2)12-18-15(17-8-3)16-11-13(4)5/h13-14H,6-12H2,1-5H3.